The van der Waals surface area contributed by atoms with Crippen LogP contribution in [0.2, 0.25) is 0 Å². The summed E-state index contributed by atoms with van der Waals surface area (Å²) >= 11 is 0. The molecule has 1 amide bonds. The summed E-state index contributed by atoms with van der Waals surface area (Å²) in [5, 5.41) is 18.4. The van der Waals surface area contributed by atoms with Gasteiger partial charge in [0.15, 0.2) is 12.5 Å². The van der Waals surface area contributed by atoms with Crippen molar-refractivity contribution < 1.29 is 14.5 Å². The molecular formula is C19H23N5O4. The lowest BCUT2D eigenvalue weighted by atomic mass is 9.98. The number of nitro groups is 1. The minimum Gasteiger partial charge on any atom is -0.464 e. The number of piperidine rings is 1. The van der Waals surface area contributed by atoms with E-state index in [1.165, 1.54) is 29.7 Å². The number of para-hydroxylation sites is 2. The minimum atomic E-state index is -0.494. The Hall–Kier alpha value is -2.94. The lowest BCUT2D eigenvalue weighted by Crippen LogP contribution is -2.48. The Balaban J connectivity index is 1.34. The molecule has 2 aliphatic heterocycles. The average Bonchev–Trinajstić information content (AvgIpc) is 3.22. The second-order valence-corrected chi connectivity index (χ2v) is 7.43. The number of carbonyl (C=O) groups is 1. The number of ether oxygens (including phenoxy) is 1. The van der Waals surface area contributed by atoms with Crippen LogP contribution in [-0.2, 0) is 6.73 Å². The van der Waals surface area contributed by atoms with Gasteiger partial charge in [0.1, 0.15) is 5.69 Å². The molecule has 3 heterocycles. The highest BCUT2D eigenvalue weighted by atomic mass is 16.6. The summed E-state index contributed by atoms with van der Waals surface area (Å²) in [4.78, 5) is 25.5. The molecule has 0 unspecified atom stereocenters. The van der Waals surface area contributed by atoms with Crippen molar-refractivity contribution in [1.29, 1.82) is 0 Å². The molecule has 0 radical (unpaired) electrons. The van der Waals surface area contributed by atoms with Crippen LogP contribution in [0.5, 0.6) is 5.75 Å². The molecule has 28 heavy (non-hydrogen) atoms. The van der Waals surface area contributed by atoms with Crippen molar-refractivity contribution in [2.75, 3.05) is 7.05 Å². The molecule has 1 aromatic heterocycles. The predicted molar refractivity (Wildman–Crippen MR) is 101 cm³/mol. The van der Waals surface area contributed by atoms with Gasteiger partial charge in [0.2, 0.25) is 0 Å². The first-order chi connectivity index (χ1) is 13.5. The molecule has 4 rings (SSSR count). The van der Waals surface area contributed by atoms with Gasteiger partial charge in [0, 0.05) is 30.4 Å². The number of nitrogens with one attached hydrogen (secondary N) is 1. The van der Waals surface area contributed by atoms with E-state index in [1.54, 1.807) is 24.4 Å². The second kappa shape index (κ2) is 7.59. The van der Waals surface area contributed by atoms with Gasteiger partial charge in [0.25, 0.3) is 5.91 Å². The zero-order valence-corrected chi connectivity index (χ0v) is 15.7. The maximum Gasteiger partial charge on any atom is 0.311 e. The van der Waals surface area contributed by atoms with E-state index in [1.807, 2.05) is 0 Å². The van der Waals surface area contributed by atoms with Crippen LogP contribution in [0.4, 0.5) is 5.69 Å². The van der Waals surface area contributed by atoms with Gasteiger partial charge in [-0.15, -0.1) is 0 Å². The topological polar surface area (TPSA) is 103 Å². The second-order valence-electron chi connectivity index (χ2n) is 7.43. The standard InChI is InChI=1S/C19H23N5O4/c1-22-14-6-7-15(22)11-13(10-14)20-19(25)16-8-9-23(21-16)12-28-18-5-3-2-4-17(18)24(26)27/h2-5,8-9,13-15H,6-7,10-12H2,1H3,(H,20,25)/t14-,15-/m1/s1. The van der Waals surface area contributed by atoms with E-state index >= 15 is 0 Å². The quantitative estimate of drug-likeness (QED) is 0.604. The zero-order valence-electron chi connectivity index (χ0n) is 15.7. The molecule has 1 N–H and O–H groups in total. The molecular weight excluding hydrogens is 362 g/mol. The van der Waals surface area contributed by atoms with Gasteiger partial charge in [-0.2, -0.15) is 5.10 Å². The Morgan fingerprint density at radius 1 is 1.29 bits per heavy atom. The Morgan fingerprint density at radius 3 is 2.71 bits per heavy atom. The van der Waals surface area contributed by atoms with Gasteiger partial charge >= 0.3 is 5.69 Å². The fourth-order valence-electron chi connectivity index (χ4n) is 4.21. The molecule has 2 atom stereocenters. The lowest BCUT2D eigenvalue weighted by Gasteiger charge is -2.36. The summed E-state index contributed by atoms with van der Waals surface area (Å²) in [6.45, 7) is -0.0174. The van der Waals surface area contributed by atoms with Crippen LogP contribution in [0.1, 0.15) is 36.2 Å². The fourth-order valence-corrected chi connectivity index (χ4v) is 4.21. The van der Waals surface area contributed by atoms with Crippen LogP contribution in [-0.4, -0.2) is 50.7 Å². The molecule has 1 aromatic carbocycles. The first kappa shape index (κ1) is 18.4. The summed E-state index contributed by atoms with van der Waals surface area (Å²) in [6, 6.07) is 9.07. The smallest absolute Gasteiger partial charge is 0.311 e. The van der Waals surface area contributed by atoms with E-state index in [-0.39, 0.29) is 30.1 Å². The Kier molecular flexibility index (Phi) is 4.99. The molecule has 0 aliphatic carbocycles. The van der Waals surface area contributed by atoms with Gasteiger partial charge in [-0.25, -0.2) is 4.68 Å². The Morgan fingerprint density at radius 2 is 2.00 bits per heavy atom. The number of hydrogen-bond donors (Lipinski definition) is 1. The van der Waals surface area contributed by atoms with E-state index in [0.29, 0.717) is 17.8 Å². The van der Waals surface area contributed by atoms with Gasteiger partial charge in [-0.3, -0.25) is 14.9 Å². The molecule has 2 fully saturated rings. The highest BCUT2D eigenvalue weighted by Crippen LogP contribution is 2.34. The van der Waals surface area contributed by atoms with E-state index in [0.717, 1.165) is 12.8 Å². The van der Waals surface area contributed by atoms with Crippen molar-refractivity contribution >= 4 is 11.6 Å². The third kappa shape index (κ3) is 3.70. The molecule has 2 aromatic rings. The summed E-state index contributed by atoms with van der Waals surface area (Å²) < 4.78 is 6.95. The van der Waals surface area contributed by atoms with Crippen LogP contribution in [0.25, 0.3) is 0 Å². The SMILES string of the molecule is CN1[C@@H]2CC[C@@H]1CC(NC(=O)c1ccn(COc3ccccc3[N+](=O)[O-])n1)C2. The van der Waals surface area contributed by atoms with E-state index in [2.05, 4.69) is 22.4 Å². The third-order valence-electron chi connectivity index (χ3n) is 5.72. The lowest BCUT2D eigenvalue weighted by molar-refractivity contribution is -0.386. The summed E-state index contributed by atoms with van der Waals surface area (Å²) in [7, 11) is 2.17. The number of nitro benzene ring substituents is 1. The third-order valence-corrected chi connectivity index (χ3v) is 5.72. The predicted octanol–water partition coefficient (Wildman–Crippen LogP) is 2.18. The van der Waals surface area contributed by atoms with Crippen LogP contribution >= 0.6 is 0 Å². The zero-order chi connectivity index (χ0) is 19.7. The van der Waals surface area contributed by atoms with E-state index < -0.39 is 4.92 Å². The maximum absolute atomic E-state index is 12.5. The Bertz CT molecular complexity index is 869. The molecule has 9 nitrogen and oxygen atoms in total. The highest BCUT2D eigenvalue weighted by molar-refractivity contribution is 5.92. The molecule has 2 bridgehead atoms. The molecule has 9 heteroatoms. The van der Waals surface area contributed by atoms with Crippen molar-refractivity contribution in [2.45, 2.75) is 50.5 Å². The monoisotopic (exact) mass is 385 g/mol. The van der Waals surface area contributed by atoms with Crippen molar-refractivity contribution in [3.63, 3.8) is 0 Å². The Labute approximate surface area is 162 Å². The van der Waals surface area contributed by atoms with Crippen molar-refractivity contribution in [1.82, 2.24) is 20.0 Å². The van der Waals surface area contributed by atoms with Crippen LogP contribution in [0, 0.1) is 10.1 Å². The minimum absolute atomic E-state index is 0.0174. The molecule has 0 saturated carbocycles. The van der Waals surface area contributed by atoms with Crippen LogP contribution in [0.15, 0.2) is 36.5 Å². The average molecular weight is 385 g/mol. The number of hydrogen-bond acceptors (Lipinski definition) is 6. The number of carbonyl (C=O) groups excluding carboxylic acids is 1. The highest BCUT2D eigenvalue weighted by Gasteiger charge is 2.38. The number of nitrogens with zero attached hydrogens (tertiary/aromatic N) is 4. The van der Waals surface area contributed by atoms with Crippen molar-refractivity contribution in [3.05, 3.63) is 52.3 Å². The van der Waals surface area contributed by atoms with Gasteiger partial charge in [-0.05, 0) is 44.9 Å². The molecule has 148 valence electrons. The van der Waals surface area contributed by atoms with Crippen molar-refractivity contribution in [2.24, 2.45) is 0 Å². The first-order valence-electron chi connectivity index (χ1n) is 9.43. The number of amides is 1. The maximum atomic E-state index is 12.5. The normalized spacial score (nSPS) is 24.1. The molecule has 0 spiro atoms. The molecule has 2 aliphatic rings. The van der Waals surface area contributed by atoms with E-state index in [9.17, 15) is 14.9 Å². The van der Waals surface area contributed by atoms with Crippen molar-refractivity contribution in [3.8, 4) is 5.75 Å². The van der Waals surface area contributed by atoms with Crippen LogP contribution in [0.3, 0.4) is 0 Å². The summed E-state index contributed by atoms with van der Waals surface area (Å²) in [5.41, 5.74) is 0.210. The number of rotatable bonds is 6. The fraction of sp³-hybridized carbons (Fsp3) is 0.474. The largest absolute Gasteiger partial charge is 0.464 e. The van der Waals surface area contributed by atoms with Gasteiger partial charge < -0.3 is 15.0 Å². The first-order valence-corrected chi connectivity index (χ1v) is 9.43. The van der Waals surface area contributed by atoms with Gasteiger partial charge in [0.05, 0.1) is 4.92 Å². The summed E-state index contributed by atoms with van der Waals surface area (Å²) in [5.74, 6) is -0.0332. The number of fused-ring (bicyclic) bond motifs is 2. The number of aromatic nitrogens is 2. The number of benzene rings is 1. The van der Waals surface area contributed by atoms with Crippen LogP contribution < -0.4 is 10.1 Å². The summed E-state index contributed by atoms with van der Waals surface area (Å²) in [6.07, 6.45) is 5.97. The van der Waals surface area contributed by atoms with Gasteiger partial charge in [-0.1, -0.05) is 12.1 Å². The molecule has 2 saturated heterocycles. The van der Waals surface area contributed by atoms with E-state index in [4.69, 9.17) is 4.74 Å².